The fourth-order valence-electron chi connectivity index (χ4n) is 3.12. The van der Waals surface area contributed by atoms with Gasteiger partial charge < -0.3 is 10.1 Å². The van der Waals surface area contributed by atoms with Crippen molar-refractivity contribution >= 4 is 0 Å². The monoisotopic (exact) mass is 290 g/mol. The molecular formula is C18H30N2O. The summed E-state index contributed by atoms with van der Waals surface area (Å²) in [6.45, 7) is 10.2. The van der Waals surface area contributed by atoms with Gasteiger partial charge in [-0.3, -0.25) is 4.90 Å². The van der Waals surface area contributed by atoms with Crippen molar-refractivity contribution in [3.63, 3.8) is 0 Å². The molecule has 0 bridgehead atoms. The SMILES string of the molecule is CCCC1CN(Cc2ccc(OC)cc2)C(C)(CC)CN1. The van der Waals surface area contributed by atoms with Crippen molar-refractivity contribution in [2.75, 3.05) is 20.2 Å². The van der Waals surface area contributed by atoms with E-state index >= 15 is 0 Å². The zero-order chi connectivity index (χ0) is 15.3. The average molecular weight is 290 g/mol. The van der Waals surface area contributed by atoms with Gasteiger partial charge in [-0.2, -0.15) is 0 Å². The van der Waals surface area contributed by atoms with E-state index in [0.29, 0.717) is 6.04 Å². The summed E-state index contributed by atoms with van der Waals surface area (Å²) in [5, 5.41) is 3.73. The van der Waals surface area contributed by atoms with Crippen molar-refractivity contribution in [2.24, 2.45) is 0 Å². The molecule has 3 heteroatoms. The largest absolute Gasteiger partial charge is 0.497 e. The van der Waals surface area contributed by atoms with Gasteiger partial charge in [-0.05, 0) is 37.5 Å². The summed E-state index contributed by atoms with van der Waals surface area (Å²) >= 11 is 0. The van der Waals surface area contributed by atoms with E-state index in [4.69, 9.17) is 4.74 Å². The summed E-state index contributed by atoms with van der Waals surface area (Å²) in [5.41, 5.74) is 1.62. The van der Waals surface area contributed by atoms with Crippen LogP contribution in [0.5, 0.6) is 5.75 Å². The van der Waals surface area contributed by atoms with Gasteiger partial charge >= 0.3 is 0 Å². The van der Waals surface area contributed by atoms with Gasteiger partial charge in [0, 0.05) is 31.2 Å². The molecule has 3 nitrogen and oxygen atoms in total. The maximum Gasteiger partial charge on any atom is 0.118 e. The number of piperazine rings is 1. The van der Waals surface area contributed by atoms with Gasteiger partial charge in [-0.25, -0.2) is 0 Å². The van der Waals surface area contributed by atoms with E-state index in [-0.39, 0.29) is 5.54 Å². The van der Waals surface area contributed by atoms with Gasteiger partial charge in [0.2, 0.25) is 0 Å². The van der Waals surface area contributed by atoms with Crippen LogP contribution in [0.25, 0.3) is 0 Å². The van der Waals surface area contributed by atoms with Crippen LogP contribution in [0.2, 0.25) is 0 Å². The molecule has 118 valence electrons. The lowest BCUT2D eigenvalue weighted by Gasteiger charge is -2.48. The fraction of sp³-hybridized carbons (Fsp3) is 0.667. The van der Waals surface area contributed by atoms with Gasteiger partial charge in [-0.15, -0.1) is 0 Å². The van der Waals surface area contributed by atoms with Crippen molar-refractivity contribution < 1.29 is 4.74 Å². The Balaban J connectivity index is 2.08. The van der Waals surface area contributed by atoms with Crippen LogP contribution in [0.1, 0.15) is 45.6 Å². The second-order valence-electron chi connectivity index (χ2n) is 6.45. The van der Waals surface area contributed by atoms with E-state index in [1.807, 2.05) is 0 Å². The highest BCUT2D eigenvalue weighted by atomic mass is 16.5. The van der Waals surface area contributed by atoms with Crippen LogP contribution in [0.4, 0.5) is 0 Å². The molecule has 1 fully saturated rings. The zero-order valence-electron chi connectivity index (χ0n) is 14.0. The molecule has 0 saturated carbocycles. The van der Waals surface area contributed by atoms with Gasteiger partial charge in [0.15, 0.2) is 0 Å². The van der Waals surface area contributed by atoms with Crippen molar-refractivity contribution in [3.05, 3.63) is 29.8 Å². The topological polar surface area (TPSA) is 24.5 Å². The van der Waals surface area contributed by atoms with E-state index in [0.717, 1.165) is 25.4 Å². The summed E-state index contributed by atoms with van der Waals surface area (Å²) < 4.78 is 5.25. The van der Waals surface area contributed by atoms with Crippen LogP contribution in [0.3, 0.4) is 0 Å². The number of ether oxygens (including phenoxy) is 1. The summed E-state index contributed by atoms with van der Waals surface area (Å²) in [7, 11) is 1.72. The molecule has 2 rings (SSSR count). The Hall–Kier alpha value is -1.06. The number of nitrogens with zero attached hydrogens (tertiary/aromatic N) is 1. The number of benzene rings is 1. The van der Waals surface area contributed by atoms with Crippen LogP contribution >= 0.6 is 0 Å². The Morgan fingerprint density at radius 2 is 2.00 bits per heavy atom. The van der Waals surface area contributed by atoms with E-state index in [2.05, 4.69) is 55.3 Å². The first kappa shape index (κ1) is 16.3. The zero-order valence-corrected chi connectivity index (χ0v) is 14.0. The minimum absolute atomic E-state index is 0.254. The predicted molar refractivity (Wildman–Crippen MR) is 88.8 cm³/mol. The van der Waals surface area contributed by atoms with Crippen LogP contribution in [0.15, 0.2) is 24.3 Å². The van der Waals surface area contributed by atoms with Crippen molar-refractivity contribution in [3.8, 4) is 5.75 Å². The molecule has 0 spiro atoms. The van der Waals surface area contributed by atoms with Gasteiger partial charge in [-0.1, -0.05) is 32.4 Å². The Morgan fingerprint density at radius 1 is 1.29 bits per heavy atom. The van der Waals surface area contributed by atoms with Crippen molar-refractivity contribution in [1.82, 2.24) is 10.2 Å². The molecule has 21 heavy (non-hydrogen) atoms. The maximum atomic E-state index is 5.25. The molecule has 0 aliphatic carbocycles. The van der Waals surface area contributed by atoms with E-state index in [1.54, 1.807) is 7.11 Å². The molecule has 1 N–H and O–H groups in total. The molecule has 2 atom stereocenters. The second-order valence-corrected chi connectivity index (χ2v) is 6.45. The first-order valence-electron chi connectivity index (χ1n) is 8.22. The molecule has 0 aromatic heterocycles. The van der Waals surface area contributed by atoms with Crippen molar-refractivity contribution in [1.29, 1.82) is 0 Å². The number of hydrogen-bond acceptors (Lipinski definition) is 3. The minimum atomic E-state index is 0.254. The van der Waals surface area contributed by atoms with Crippen molar-refractivity contribution in [2.45, 2.75) is 58.2 Å². The first-order chi connectivity index (χ1) is 10.1. The average Bonchev–Trinajstić information content (AvgIpc) is 2.52. The van der Waals surface area contributed by atoms with Gasteiger partial charge in [0.1, 0.15) is 5.75 Å². The fourth-order valence-corrected chi connectivity index (χ4v) is 3.12. The van der Waals surface area contributed by atoms with Crippen LogP contribution in [0, 0.1) is 0 Å². The highest BCUT2D eigenvalue weighted by molar-refractivity contribution is 5.27. The summed E-state index contributed by atoms with van der Waals surface area (Å²) in [6.07, 6.45) is 3.69. The lowest BCUT2D eigenvalue weighted by molar-refractivity contribution is 0.0396. The highest BCUT2D eigenvalue weighted by Crippen LogP contribution is 2.26. The van der Waals surface area contributed by atoms with Gasteiger partial charge in [0.05, 0.1) is 7.11 Å². The number of hydrogen-bond donors (Lipinski definition) is 1. The van der Waals surface area contributed by atoms with Gasteiger partial charge in [0.25, 0.3) is 0 Å². The first-order valence-corrected chi connectivity index (χ1v) is 8.22. The third kappa shape index (κ3) is 3.98. The second kappa shape index (κ2) is 7.28. The summed E-state index contributed by atoms with van der Waals surface area (Å²) in [5.74, 6) is 0.932. The van der Waals surface area contributed by atoms with E-state index in [1.165, 1.54) is 24.8 Å². The highest BCUT2D eigenvalue weighted by Gasteiger charge is 2.35. The van der Waals surface area contributed by atoms with E-state index < -0.39 is 0 Å². The quantitative estimate of drug-likeness (QED) is 0.868. The lowest BCUT2D eigenvalue weighted by atomic mass is 9.90. The summed E-state index contributed by atoms with van der Waals surface area (Å²) in [6, 6.07) is 9.12. The molecule has 2 unspecified atom stereocenters. The molecule has 1 aliphatic heterocycles. The molecule has 1 aromatic rings. The normalized spacial score (nSPS) is 26.8. The summed E-state index contributed by atoms with van der Waals surface area (Å²) in [4.78, 5) is 2.66. The molecule has 1 aromatic carbocycles. The molecule has 0 amide bonds. The Labute approximate surface area is 129 Å². The smallest absolute Gasteiger partial charge is 0.118 e. The lowest BCUT2D eigenvalue weighted by Crippen LogP contribution is -2.62. The van der Waals surface area contributed by atoms with Crippen LogP contribution < -0.4 is 10.1 Å². The standard InChI is InChI=1S/C18H30N2O/c1-5-7-16-13-20(18(3,6-2)14-19-16)12-15-8-10-17(21-4)11-9-15/h8-11,16,19H,5-7,12-14H2,1-4H3. The number of nitrogens with one attached hydrogen (secondary N) is 1. The minimum Gasteiger partial charge on any atom is -0.497 e. The Kier molecular flexibility index (Phi) is 5.65. The number of methoxy groups -OCH3 is 1. The number of rotatable bonds is 6. The maximum absolute atomic E-state index is 5.25. The third-order valence-corrected chi connectivity index (χ3v) is 4.91. The van der Waals surface area contributed by atoms with Crippen LogP contribution in [-0.2, 0) is 6.54 Å². The Bertz CT molecular complexity index is 431. The molecule has 1 aliphatic rings. The molecule has 1 saturated heterocycles. The predicted octanol–water partition coefficient (Wildman–Crippen LogP) is 3.44. The van der Waals surface area contributed by atoms with E-state index in [9.17, 15) is 0 Å². The molecule has 0 radical (unpaired) electrons. The van der Waals surface area contributed by atoms with Crippen LogP contribution in [-0.4, -0.2) is 36.7 Å². The molecule has 1 heterocycles. The Morgan fingerprint density at radius 3 is 2.57 bits per heavy atom. The molecular weight excluding hydrogens is 260 g/mol. The third-order valence-electron chi connectivity index (χ3n) is 4.91.